The molecule has 0 saturated heterocycles. The summed E-state index contributed by atoms with van der Waals surface area (Å²) in [5.74, 6) is 0.250. The summed E-state index contributed by atoms with van der Waals surface area (Å²) >= 11 is 6.79. The van der Waals surface area contributed by atoms with Crippen molar-refractivity contribution in [3.8, 4) is 6.07 Å². The van der Waals surface area contributed by atoms with Crippen molar-refractivity contribution >= 4 is 29.2 Å². The predicted octanol–water partition coefficient (Wildman–Crippen LogP) is 4.01. The lowest BCUT2D eigenvalue weighted by Crippen LogP contribution is -2.57. The van der Waals surface area contributed by atoms with Crippen molar-refractivity contribution in [1.29, 1.82) is 5.26 Å². The molecule has 1 aromatic rings. The van der Waals surface area contributed by atoms with Crippen LogP contribution in [0, 0.1) is 28.6 Å². The van der Waals surface area contributed by atoms with E-state index in [1.54, 1.807) is 31.2 Å². The third-order valence-corrected chi connectivity index (χ3v) is 6.82. The number of esters is 1. The van der Waals surface area contributed by atoms with Crippen molar-refractivity contribution in [3.63, 3.8) is 0 Å². The molecule has 0 aliphatic heterocycles. The molecule has 142 valence electrons. The number of hydrogen-bond acceptors (Lipinski definition) is 4. The summed E-state index contributed by atoms with van der Waals surface area (Å²) in [5.41, 5.74) is 0.252. The summed E-state index contributed by atoms with van der Waals surface area (Å²) in [5, 5.41) is 11.8. The van der Waals surface area contributed by atoms with Gasteiger partial charge in [0.1, 0.15) is 6.07 Å². The average molecular weight is 387 g/mol. The Kier molecular flexibility index (Phi) is 4.43. The van der Waals surface area contributed by atoms with Crippen LogP contribution >= 0.6 is 11.6 Å². The molecule has 6 heteroatoms. The predicted molar refractivity (Wildman–Crippen MR) is 101 cm³/mol. The topological polar surface area (TPSA) is 79.2 Å². The van der Waals surface area contributed by atoms with Gasteiger partial charge in [0.05, 0.1) is 16.7 Å². The number of anilines is 1. The molecule has 0 spiro atoms. The van der Waals surface area contributed by atoms with Crippen LogP contribution in [-0.4, -0.2) is 22.9 Å². The van der Waals surface area contributed by atoms with E-state index in [-0.39, 0.29) is 10.8 Å². The molecule has 27 heavy (non-hydrogen) atoms. The van der Waals surface area contributed by atoms with Crippen molar-refractivity contribution < 1.29 is 14.3 Å². The lowest BCUT2D eigenvalue weighted by atomic mass is 9.49. The smallest absolute Gasteiger partial charge is 0.312 e. The first-order valence-corrected chi connectivity index (χ1v) is 9.90. The molecular formula is C21H23ClN2O3. The van der Waals surface area contributed by atoms with Crippen molar-refractivity contribution in [1.82, 2.24) is 0 Å². The van der Waals surface area contributed by atoms with Gasteiger partial charge in [0.2, 0.25) is 0 Å². The summed E-state index contributed by atoms with van der Waals surface area (Å²) in [6.45, 7) is 1.57. The summed E-state index contributed by atoms with van der Waals surface area (Å²) in [4.78, 5) is 25.2. The molecule has 1 aromatic carbocycles. The first kappa shape index (κ1) is 18.3. The van der Waals surface area contributed by atoms with E-state index in [0.717, 1.165) is 32.1 Å². The molecule has 4 aliphatic carbocycles. The van der Waals surface area contributed by atoms with E-state index in [4.69, 9.17) is 21.6 Å². The molecule has 4 fully saturated rings. The normalized spacial score (nSPS) is 34.6. The van der Waals surface area contributed by atoms with E-state index >= 15 is 0 Å². The molecule has 5 atom stereocenters. The Morgan fingerprint density at radius 3 is 2.56 bits per heavy atom. The Morgan fingerprint density at radius 1 is 1.26 bits per heavy atom. The van der Waals surface area contributed by atoms with Crippen molar-refractivity contribution in [2.45, 2.75) is 56.4 Å². The second-order valence-electron chi connectivity index (χ2n) is 8.59. The van der Waals surface area contributed by atoms with Gasteiger partial charge in [-0.05, 0) is 69.4 Å². The fourth-order valence-electron chi connectivity index (χ4n) is 5.65. The van der Waals surface area contributed by atoms with Crippen LogP contribution in [0.25, 0.3) is 0 Å². The van der Waals surface area contributed by atoms with E-state index in [1.807, 2.05) is 6.07 Å². The van der Waals surface area contributed by atoms with Crippen LogP contribution in [0.15, 0.2) is 24.3 Å². The second kappa shape index (κ2) is 6.53. The third kappa shape index (κ3) is 3.32. The highest BCUT2D eigenvalue weighted by molar-refractivity contribution is 6.24. The van der Waals surface area contributed by atoms with E-state index in [0.29, 0.717) is 29.5 Å². The fourth-order valence-corrected chi connectivity index (χ4v) is 6.34. The molecule has 1 amide bonds. The first-order chi connectivity index (χ1) is 12.8. The van der Waals surface area contributed by atoms with Gasteiger partial charge < -0.3 is 10.1 Å². The highest BCUT2D eigenvalue weighted by Gasteiger charge is 2.61. The Hall–Kier alpha value is -2.06. The Balaban J connectivity index is 1.44. The van der Waals surface area contributed by atoms with Crippen LogP contribution < -0.4 is 5.32 Å². The van der Waals surface area contributed by atoms with Gasteiger partial charge in [-0.3, -0.25) is 9.59 Å². The van der Waals surface area contributed by atoms with Crippen LogP contribution in [0.1, 0.15) is 51.0 Å². The fraction of sp³-hybridized carbons (Fsp3) is 0.571. The number of carbonyl (C=O) groups is 2. The van der Waals surface area contributed by atoms with Gasteiger partial charge in [-0.1, -0.05) is 12.1 Å². The van der Waals surface area contributed by atoms with E-state index < -0.39 is 17.4 Å². The SMILES string of the molecule is C[C@H](OC(=O)C12C[C@@H]3C[C@@H](CC(Cl)(C3)C1)C2)C(=O)Nc1ccccc1C#N. The highest BCUT2D eigenvalue weighted by Crippen LogP contribution is 2.64. The lowest BCUT2D eigenvalue weighted by molar-refractivity contribution is -0.176. The molecule has 4 bridgehead atoms. The number of rotatable bonds is 4. The molecule has 4 saturated carbocycles. The average Bonchev–Trinajstić information content (AvgIpc) is 2.60. The molecule has 2 unspecified atom stereocenters. The lowest BCUT2D eigenvalue weighted by Gasteiger charge is -2.58. The summed E-state index contributed by atoms with van der Waals surface area (Å²) < 4.78 is 5.60. The van der Waals surface area contributed by atoms with Gasteiger partial charge in [-0.15, -0.1) is 11.6 Å². The maximum atomic E-state index is 13.0. The van der Waals surface area contributed by atoms with Crippen LogP contribution in [0.5, 0.6) is 0 Å². The molecule has 0 aromatic heterocycles. The van der Waals surface area contributed by atoms with Gasteiger partial charge in [0.15, 0.2) is 6.10 Å². The molecule has 4 aliphatic rings. The maximum absolute atomic E-state index is 13.0. The molecule has 0 heterocycles. The minimum Gasteiger partial charge on any atom is -0.452 e. The minimum absolute atomic E-state index is 0.277. The number of halogens is 1. The standard InChI is InChI=1S/C21H23ClN2O3/c1-13(18(25)24-17-5-3-2-4-16(17)11-23)27-19(26)20-7-14-6-15(8-20)10-21(22,9-14)12-20/h2-5,13-15H,6-10,12H2,1H3,(H,24,25)/t13-,14-,15+,20?,21?/m0/s1. The zero-order valence-electron chi connectivity index (χ0n) is 15.3. The first-order valence-electron chi connectivity index (χ1n) is 9.52. The Morgan fingerprint density at radius 2 is 1.93 bits per heavy atom. The highest BCUT2D eigenvalue weighted by atomic mass is 35.5. The van der Waals surface area contributed by atoms with Gasteiger partial charge in [0, 0.05) is 4.87 Å². The van der Waals surface area contributed by atoms with E-state index in [9.17, 15) is 9.59 Å². The van der Waals surface area contributed by atoms with Crippen LogP contribution in [0.4, 0.5) is 5.69 Å². The zero-order valence-corrected chi connectivity index (χ0v) is 16.1. The number of alkyl halides is 1. The summed E-state index contributed by atoms with van der Waals surface area (Å²) in [7, 11) is 0. The Bertz CT molecular complexity index is 817. The van der Waals surface area contributed by atoms with Gasteiger partial charge >= 0.3 is 5.97 Å². The number of para-hydroxylation sites is 1. The second-order valence-corrected chi connectivity index (χ2v) is 9.39. The zero-order chi connectivity index (χ0) is 19.2. The quantitative estimate of drug-likeness (QED) is 0.626. The number of nitrogens with one attached hydrogen (secondary N) is 1. The van der Waals surface area contributed by atoms with Crippen LogP contribution in [0.2, 0.25) is 0 Å². The van der Waals surface area contributed by atoms with E-state index in [2.05, 4.69) is 5.32 Å². The molecule has 5 rings (SSSR count). The number of hydrogen-bond donors (Lipinski definition) is 1. The largest absolute Gasteiger partial charge is 0.452 e. The van der Waals surface area contributed by atoms with E-state index in [1.165, 1.54) is 0 Å². The number of carbonyl (C=O) groups excluding carboxylic acids is 2. The number of amides is 1. The number of nitrogens with zero attached hydrogens (tertiary/aromatic N) is 1. The van der Waals surface area contributed by atoms with Gasteiger partial charge in [-0.2, -0.15) is 5.26 Å². The maximum Gasteiger partial charge on any atom is 0.312 e. The molecule has 1 N–H and O–H groups in total. The summed E-state index contributed by atoms with van der Waals surface area (Å²) in [6, 6.07) is 8.78. The summed E-state index contributed by atoms with van der Waals surface area (Å²) in [6.07, 6.45) is 4.50. The molecular weight excluding hydrogens is 364 g/mol. The number of ether oxygens (including phenoxy) is 1. The monoisotopic (exact) mass is 386 g/mol. The molecule has 5 nitrogen and oxygen atoms in total. The third-order valence-electron chi connectivity index (χ3n) is 6.38. The van der Waals surface area contributed by atoms with Crippen molar-refractivity contribution in [2.75, 3.05) is 5.32 Å². The van der Waals surface area contributed by atoms with Crippen molar-refractivity contribution in [2.24, 2.45) is 17.3 Å². The Labute approximate surface area is 164 Å². The van der Waals surface area contributed by atoms with Crippen molar-refractivity contribution in [3.05, 3.63) is 29.8 Å². The minimum atomic E-state index is -0.927. The number of nitriles is 1. The molecule has 0 radical (unpaired) electrons. The van der Waals surface area contributed by atoms with Crippen LogP contribution in [-0.2, 0) is 14.3 Å². The van der Waals surface area contributed by atoms with Crippen LogP contribution in [0.3, 0.4) is 0 Å². The number of benzene rings is 1. The van der Waals surface area contributed by atoms with Gasteiger partial charge in [0.25, 0.3) is 5.91 Å². The van der Waals surface area contributed by atoms with Gasteiger partial charge in [-0.25, -0.2) is 0 Å².